The van der Waals surface area contributed by atoms with Crippen LogP contribution in [-0.4, -0.2) is 68.3 Å². The van der Waals surface area contributed by atoms with Crippen LogP contribution in [0.2, 0.25) is 0 Å². The number of imidazole rings is 1. The molecule has 2 aliphatic heterocycles. The van der Waals surface area contributed by atoms with Gasteiger partial charge in [-0.05, 0) is 20.3 Å². The van der Waals surface area contributed by atoms with Gasteiger partial charge in [-0.2, -0.15) is 13.2 Å². The molecule has 2 saturated heterocycles. The van der Waals surface area contributed by atoms with E-state index in [-0.39, 0.29) is 29.6 Å². The maximum Gasteiger partial charge on any atom is 0.434 e. The van der Waals surface area contributed by atoms with Crippen molar-refractivity contribution in [2.45, 2.75) is 44.6 Å². The predicted molar refractivity (Wildman–Crippen MR) is 130 cm³/mol. The highest BCUT2D eigenvalue weighted by atomic mass is 19.4. The van der Waals surface area contributed by atoms with Crippen molar-refractivity contribution in [1.82, 2.24) is 29.7 Å². The fourth-order valence-corrected chi connectivity index (χ4v) is 4.65. The standard InChI is InChI=1S/C23H27F3N10/c1-13-11-35(14(2)21(31-13)15(7-27)8-28)19-6-18(34-4-3-5-34)32-22(33-19)16-9-30-20-10-29-17(12-36(16)20)23(24,25)26/h6-10,12-14,21,27,31H,3-5,11,28H2,1-2H3/b15-8+,27-7?. The monoisotopic (exact) mass is 500 g/mol. The first kappa shape index (κ1) is 24.0. The molecule has 3 atom stereocenters. The lowest BCUT2D eigenvalue weighted by molar-refractivity contribution is -0.141. The largest absolute Gasteiger partial charge is 0.434 e. The molecule has 0 aromatic carbocycles. The Labute approximate surface area is 205 Å². The molecule has 4 N–H and O–H groups in total. The molecule has 0 spiro atoms. The Morgan fingerprint density at radius 3 is 2.56 bits per heavy atom. The molecule has 0 radical (unpaired) electrons. The Hall–Kier alpha value is -3.74. The number of nitrogens with zero attached hydrogens (tertiary/aromatic N) is 7. The molecule has 5 heterocycles. The van der Waals surface area contributed by atoms with Crippen LogP contribution in [0.15, 0.2) is 36.4 Å². The van der Waals surface area contributed by atoms with Crippen molar-refractivity contribution in [3.63, 3.8) is 0 Å². The number of fused-ring (bicyclic) bond motifs is 1. The molecule has 36 heavy (non-hydrogen) atoms. The van der Waals surface area contributed by atoms with Gasteiger partial charge in [0.15, 0.2) is 17.2 Å². The molecule has 0 saturated carbocycles. The van der Waals surface area contributed by atoms with Gasteiger partial charge in [0.25, 0.3) is 0 Å². The summed E-state index contributed by atoms with van der Waals surface area (Å²) in [6.45, 7) is 6.39. The maximum atomic E-state index is 13.4. The summed E-state index contributed by atoms with van der Waals surface area (Å²) in [4.78, 5) is 21.5. The summed E-state index contributed by atoms with van der Waals surface area (Å²) < 4.78 is 41.4. The fourth-order valence-electron chi connectivity index (χ4n) is 4.65. The van der Waals surface area contributed by atoms with Gasteiger partial charge >= 0.3 is 6.18 Å². The summed E-state index contributed by atoms with van der Waals surface area (Å²) in [5.41, 5.74) is 6.03. The third-order valence-corrected chi connectivity index (χ3v) is 6.72. The number of hydrogen-bond donors (Lipinski definition) is 3. The topological polar surface area (TPSA) is 124 Å². The summed E-state index contributed by atoms with van der Waals surface area (Å²) in [7, 11) is 0. The van der Waals surface area contributed by atoms with E-state index in [2.05, 4.69) is 25.1 Å². The number of alkyl halides is 3. The first-order valence-corrected chi connectivity index (χ1v) is 11.7. The second kappa shape index (κ2) is 9.04. The summed E-state index contributed by atoms with van der Waals surface area (Å²) in [5.74, 6) is 1.63. The van der Waals surface area contributed by atoms with Crippen molar-refractivity contribution >= 4 is 23.5 Å². The molecule has 13 heteroatoms. The average Bonchev–Trinajstić information content (AvgIpc) is 3.23. The molecule has 3 unspecified atom stereocenters. The van der Waals surface area contributed by atoms with Gasteiger partial charge in [0, 0.05) is 62.0 Å². The number of rotatable bonds is 5. The van der Waals surface area contributed by atoms with E-state index in [1.165, 1.54) is 23.0 Å². The zero-order chi connectivity index (χ0) is 25.6. The van der Waals surface area contributed by atoms with E-state index >= 15 is 0 Å². The zero-order valence-electron chi connectivity index (χ0n) is 19.9. The van der Waals surface area contributed by atoms with E-state index in [1.807, 2.05) is 19.9 Å². The lowest BCUT2D eigenvalue weighted by Crippen LogP contribution is -2.61. The average molecular weight is 501 g/mol. The number of nitrogens with one attached hydrogen (secondary N) is 2. The molecule has 3 aromatic heterocycles. The number of hydrogen-bond acceptors (Lipinski definition) is 9. The van der Waals surface area contributed by atoms with Gasteiger partial charge in [-0.1, -0.05) is 0 Å². The highest BCUT2D eigenvalue weighted by Gasteiger charge is 2.35. The van der Waals surface area contributed by atoms with Gasteiger partial charge in [-0.3, -0.25) is 4.40 Å². The van der Waals surface area contributed by atoms with Crippen LogP contribution in [0.5, 0.6) is 0 Å². The summed E-state index contributed by atoms with van der Waals surface area (Å²) in [6.07, 6.45) is 2.60. The van der Waals surface area contributed by atoms with Crippen molar-refractivity contribution < 1.29 is 13.2 Å². The summed E-state index contributed by atoms with van der Waals surface area (Å²) in [6, 6.07) is 1.69. The quantitative estimate of drug-likeness (QED) is 0.457. The van der Waals surface area contributed by atoms with E-state index in [1.54, 1.807) is 0 Å². The van der Waals surface area contributed by atoms with E-state index in [0.29, 0.717) is 29.4 Å². The third-order valence-electron chi connectivity index (χ3n) is 6.72. The normalized spacial score (nSPS) is 23.1. The van der Waals surface area contributed by atoms with Crippen LogP contribution in [0.1, 0.15) is 26.0 Å². The molecule has 190 valence electrons. The van der Waals surface area contributed by atoms with E-state index in [0.717, 1.165) is 31.9 Å². The maximum absolute atomic E-state index is 13.4. The van der Waals surface area contributed by atoms with Crippen LogP contribution in [0.3, 0.4) is 0 Å². The third kappa shape index (κ3) is 4.23. The molecule has 10 nitrogen and oxygen atoms in total. The van der Waals surface area contributed by atoms with Crippen LogP contribution < -0.4 is 20.9 Å². The van der Waals surface area contributed by atoms with Crippen molar-refractivity contribution in [2.24, 2.45) is 5.73 Å². The molecular weight excluding hydrogens is 473 g/mol. The predicted octanol–water partition coefficient (Wildman–Crippen LogP) is 2.46. The van der Waals surface area contributed by atoms with Crippen LogP contribution in [0, 0.1) is 5.41 Å². The Balaban J connectivity index is 1.62. The number of piperazine rings is 1. The van der Waals surface area contributed by atoms with Gasteiger partial charge in [-0.25, -0.2) is 19.9 Å². The minimum absolute atomic E-state index is 0.0724. The van der Waals surface area contributed by atoms with Gasteiger partial charge in [0.05, 0.1) is 18.4 Å². The Morgan fingerprint density at radius 2 is 1.92 bits per heavy atom. The molecule has 5 rings (SSSR count). The van der Waals surface area contributed by atoms with E-state index in [4.69, 9.17) is 21.1 Å². The van der Waals surface area contributed by atoms with Gasteiger partial charge < -0.3 is 26.3 Å². The van der Waals surface area contributed by atoms with Crippen molar-refractivity contribution in [2.75, 3.05) is 29.4 Å². The second-order valence-corrected chi connectivity index (χ2v) is 9.14. The van der Waals surface area contributed by atoms with Crippen LogP contribution in [0.4, 0.5) is 24.8 Å². The molecular formula is C23H27F3N10. The van der Waals surface area contributed by atoms with Crippen molar-refractivity contribution in [1.29, 1.82) is 5.41 Å². The molecule has 2 aliphatic rings. The molecule has 2 fully saturated rings. The lowest BCUT2D eigenvalue weighted by Gasteiger charge is -2.44. The molecule has 3 aromatic rings. The number of halogens is 3. The SMILES string of the molecule is CC1CN(c2cc(N3CCC3)nc(-c3cnc4cnc(C(F)(F)F)cn34)n2)C(C)C(/C(C=N)=C/N)N1. The highest BCUT2D eigenvalue weighted by molar-refractivity contribution is 5.78. The number of anilines is 2. The van der Waals surface area contributed by atoms with Crippen LogP contribution >= 0.6 is 0 Å². The van der Waals surface area contributed by atoms with E-state index in [9.17, 15) is 13.2 Å². The van der Waals surface area contributed by atoms with Crippen molar-refractivity contribution in [3.8, 4) is 11.5 Å². The van der Waals surface area contributed by atoms with Gasteiger partial charge in [-0.15, -0.1) is 0 Å². The molecule has 0 amide bonds. The minimum atomic E-state index is -4.59. The van der Waals surface area contributed by atoms with Gasteiger partial charge in [0.2, 0.25) is 0 Å². The second-order valence-electron chi connectivity index (χ2n) is 9.14. The zero-order valence-corrected chi connectivity index (χ0v) is 19.9. The van der Waals surface area contributed by atoms with Crippen LogP contribution in [-0.2, 0) is 6.18 Å². The van der Waals surface area contributed by atoms with Gasteiger partial charge in [0.1, 0.15) is 17.3 Å². The molecule has 0 aliphatic carbocycles. The first-order chi connectivity index (χ1) is 17.2. The highest BCUT2D eigenvalue weighted by Crippen LogP contribution is 2.32. The van der Waals surface area contributed by atoms with Crippen LogP contribution in [0.25, 0.3) is 17.2 Å². The Morgan fingerprint density at radius 1 is 1.17 bits per heavy atom. The number of aromatic nitrogens is 5. The van der Waals surface area contributed by atoms with Crippen molar-refractivity contribution in [3.05, 3.63) is 42.1 Å². The molecule has 0 bridgehead atoms. The summed E-state index contributed by atoms with van der Waals surface area (Å²) in [5, 5.41) is 11.2. The first-order valence-electron chi connectivity index (χ1n) is 11.7. The summed E-state index contributed by atoms with van der Waals surface area (Å²) >= 11 is 0. The number of nitrogens with two attached hydrogens (primary N) is 1. The smallest absolute Gasteiger partial charge is 0.404 e. The Bertz CT molecular complexity index is 1310. The Kier molecular flexibility index (Phi) is 6.02. The minimum Gasteiger partial charge on any atom is -0.404 e. The van der Waals surface area contributed by atoms with E-state index < -0.39 is 11.9 Å². The fraction of sp³-hybridized carbons (Fsp3) is 0.435. The lowest BCUT2D eigenvalue weighted by atomic mass is 9.95.